The lowest BCUT2D eigenvalue weighted by Gasteiger charge is -2.26. The Morgan fingerprint density at radius 3 is 2.62 bits per heavy atom. The van der Waals surface area contributed by atoms with Crippen LogP contribution in [-0.4, -0.2) is 28.0 Å². The highest BCUT2D eigenvalue weighted by atomic mass is 15.1. The molecule has 0 saturated carbocycles. The van der Waals surface area contributed by atoms with Gasteiger partial charge in [0.2, 0.25) is 0 Å². The van der Waals surface area contributed by atoms with Crippen LogP contribution in [0.4, 0.5) is 0 Å². The van der Waals surface area contributed by atoms with Crippen molar-refractivity contribution in [2.24, 2.45) is 5.92 Å². The Labute approximate surface area is 80.2 Å². The van der Waals surface area contributed by atoms with E-state index in [0.717, 1.165) is 12.4 Å². The van der Waals surface area contributed by atoms with E-state index in [1.165, 1.54) is 0 Å². The minimum atomic E-state index is 0.588. The van der Waals surface area contributed by atoms with Gasteiger partial charge in [-0.05, 0) is 19.9 Å². The first kappa shape index (κ1) is 10.3. The smallest absolute Gasteiger partial charge is 0.120 e. The molecule has 0 aliphatic heterocycles. The standard InChI is InChI=1S/C10H19N3/c1-8(2)9(3)13(4)7-10-11-5-6-12-10/h5-6,8-9H,7H2,1-4H3,(H,11,12). The Bertz CT molecular complexity index is 228. The SMILES string of the molecule is CC(C)C(C)N(C)Cc1ncc[nH]1. The molecular weight excluding hydrogens is 162 g/mol. The van der Waals surface area contributed by atoms with Gasteiger partial charge in [-0.15, -0.1) is 0 Å². The van der Waals surface area contributed by atoms with Gasteiger partial charge >= 0.3 is 0 Å². The Hall–Kier alpha value is -0.830. The minimum absolute atomic E-state index is 0.588. The molecule has 0 saturated heterocycles. The zero-order valence-electron chi connectivity index (χ0n) is 8.91. The van der Waals surface area contributed by atoms with Crippen LogP contribution in [0.5, 0.6) is 0 Å². The summed E-state index contributed by atoms with van der Waals surface area (Å²) in [7, 11) is 2.13. The van der Waals surface area contributed by atoms with E-state index in [4.69, 9.17) is 0 Å². The maximum Gasteiger partial charge on any atom is 0.120 e. The molecule has 3 nitrogen and oxygen atoms in total. The number of aromatic amines is 1. The summed E-state index contributed by atoms with van der Waals surface area (Å²) in [6.07, 6.45) is 3.66. The van der Waals surface area contributed by atoms with Gasteiger partial charge in [-0.1, -0.05) is 13.8 Å². The van der Waals surface area contributed by atoms with E-state index in [9.17, 15) is 0 Å². The predicted octanol–water partition coefficient (Wildman–Crippen LogP) is 1.89. The summed E-state index contributed by atoms with van der Waals surface area (Å²) in [5.74, 6) is 1.72. The molecule has 1 N–H and O–H groups in total. The van der Waals surface area contributed by atoms with Crippen molar-refractivity contribution in [1.82, 2.24) is 14.9 Å². The van der Waals surface area contributed by atoms with Crippen LogP contribution in [0.1, 0.15) is 26.6 Å². The first-order valence-electron chi connectivity index (χ1n) is 4.79. The third-order valence-electron chi connectivity index (χ3n) is 2.61. The van der Waals surface area contributed by atoms with Crippen LogP contribution in [0, 0.1) is 5.92 Å². The van der Waals surface area contributed by atoms with E-state index in [0.29, 0.717) is 12.0 Å². The molecule has 0 aliphatic rings. The van der Waals surface area contributed by atoms with Gasteiger partial charge in [0.15, 0.2) is 0 Å². The summed E-state index contributed by atoms with van der Waals surface area (Å²) < 4.78 is 0. The molecule has 1 atom stereocenters. The van der Waals surface area contributed by atoms with Gasteiger partial charge in [0.05, 0.1) is 6.54 Å². The molecule has 0 bridgehead atoms. The first-order chi connectivity index (χ1) is 6.11. The Balaban J connectivity index is 2.45. The number of nitrogens with one attached hydrogen (secondary N) is 1. The van der Waals surface area contributed by atoms with E-state index in [2.05, 4.69) is 42.7 Å². The van der Waals surface area contributed by atoms with Crippen LogP contribution in [0.15, 0.2) is 12.4 Å². The topological polar surface area (TPSA) is 31.9 Å². The number of H-pyrrole nitrogens is 1. The van der Waals surface area contributed by atoms with Crippen LogP contribution >= 0.6 is 0 Å². The zero-order chi connectivity index (χ0) is 9.84. The summed E-state index contributed by atoms with van der Waals surface area (Å²) in [6.45, 7) is 7.62. The van der Waals surface area contributed by atoms with Crippen molar-refractivity contribution in [3.63, 3.8) is 0 Å². The zero-order valence-corrected chi connectivity index (χ0v) is 8.91. The van der Waals surface area contributed by atoms with E-state index < -0.39 is 0 Å². The van der Waals surface area contributed by atoms with Gasteiger partial charge in [-0.3, -0.25) is 4.90 Å². The highest BCUT2D eigenvalue weighted by Crippen LogP contribution is 2.09. The highest BCUT2D eigenvalue weighted by molar-refractivity contribution is 4.87. The lowest BCUT2D eigenvalue weighted by Crippen LogP contribution is -2.33. The quantitative estimate of drug-likeness (QED) is 0.769. The molecule has 74 valence electrons. The second kappa shape index (κ2) is 4.42. The van der Waals surface area contributed by atoms with Gasteiger partial charge in [0.1, 0.15) is 5.82 Å². The van der Waals surface area contributed by atoms with Crippen LogP contribution < -0.4 is 0 Å². The second-order valence-electron chi connectivity index (χ2n) is 3.94. The molecule has 0 aliphatic carbocycles. The van der Waals surface area contributed by atoms with E-state index >= 15 is 0 Å². The lowest BCUT2D eigenvalue weighted by molar-refractivity contribution is 0.196. The molecular formula is C10H19N3. The number of imidazole rings is 1. The van der Waals surface area contributed by atoms with Crippen molar-refractivity contribution in [3.8, 4) is 0 Å². The Kier molecular flexibility index (Phi) is 3.48. The fourth-order valence-electron chi connectivity index (χ4n) is 1.27. The van der Waals surface area contributed by atoms with E-state index in [1.54, 1.807) is 6.20 Å². The summed E-state index contributed by atoms with van der Waals surface area (Å²) >= 11 is 0. The fraction of sp³-hybridized carbons (Fsp3) is 0.700. The molecule has 0 spiro atoms. The Morgan fingerprint density at radius 2 is 2.15 bits per heavy atom. The largest absolute Gasteiger partial charge is 0.348 e. The molecule has 0 aromatic carbocycles. The third kappa shape index (κ3) is 2.84. The average Bonchev–Trinajstić information content (AvgIpc) is 2.55. The molecule has 0 fully saturated rings. The van der Waals surface area contributed by atoms with Crippen LogP contribution in [-0.2, 0) is 6.54 Å². The van der Waals surface area contributed by atoms with Crippen molar-refractivity contribution < 1.29 is 0 Å². The summed E-state index contributed by atoms with van der Waals surface area (Å²) in [5.41, 5.74) is 0. The number of nitrogens with zero attached hydrogens (tertiary/aromatic N) is 2. The minimum Gasteiger partial charge on any atom is -0.348 e. The van der Waals surface area contributed by atoms with E-state index in [-0.39, 0.29) is 0 Å². The summed E-state index contributed by atoms with van der Waals surface area (Å²) in [5, 5.41) is 0. The fourth-order valence-corrected chi connectivity index (χ4v) is 1.27. The molecule has 0 radical (unpaired) electrons. The normalized spacial score (nSPS) is 14.0. The monoisotopic (exact) mass is 181 g/mol. The number of hydrogen-bond donors (Lipinski definition) is 1. The average molecular weight is 181 g/mol. The molecule has 0 amide bonds. The highest BCUT2D eigenvalue weighted by Gasteiger charge is 2.13. The number of hydrogen-bond acceptors (Lipinski definition) is 2. The van der Waals surface area contributed by atoms with Gasteiger partial charge in [0, 0.05) is 18.4 Å². The maximum absolute atomic E-state index is 4.20. The van der Waals surface area contributed by atoms with Crippen LogP contribution in [0.2, 0.25) is 0 Å². The number of aromatic nitrogens is 2. The van der Waals surface area contributed by atoms with Gasteiger partial charge < -0.3 is 4.98 Å². The number of rotatable bonds is 4. The molecule has 3 heteroatoms. The van der Waals surface area contributed by atoms with Gasteiger partial charge in [-0.2, -0.15) is 0 Å². The van der Waals surface area contributed by atoms with Crippen molar-refractivity contribution in [2.45, 2.75) is 33.4 Å². The van der Waals surface area contributed by atoms with Crippen molar-refractivity contribution >= 4 is 0 Å². The van der Waals surface area contributed by atoms with Crippen molar-refractivity contribution in [2.75, 3.05) is 7.05 Å². The molecule has 13 heavy (non-hydrogen) atoms. The molecule has 1 unspecified atom stereocenters. The lowest BCUT2D eigenvalue weighted by atomic mass is 10.1. The molecule has 1 aromatic rings. The van der Waals surface area contributed by atoms with Gasteiger partial charge in [-0.25, -0.2) is 4.98 Å². The second-order valence-corrected chi connectivity index (χ2v) is 3.94. The predicted molar refractivity (Wildman–Crippen MR) is 54.4 cm³/mol. The Morgan fingerprint density at radius 1 is 1.46 bits per heavy atom. The van der Waals surface area contributed by atoms with E-state index in [1.807, 2.05) is 6.20 Å². The van der Waals surface area contributed by atoms with Crippen LogP contribution in [0.3, 0.4) is 0 Å². The first-order valence-corrected chi connectivity index (χ1v) is 4.79. The van der Waals surface area contributed by atoms with Crippen molar-refractivity contribution in [1.29, 1.82) is 0 Å². The molecule has 1 aromatic heterocycles. The maximum atomic E-state index is 4.20. The molecule has 1 heterocycles. The summed E-state index contributed by atoms with van der Waals surface area (Å²) in [4.78, 5) is 9.62. The van der Waals surface area contributed by atoms with Crippen molar-refractivity contribution in [3.05, 3.63) is 18.2 Å². The van der Waals surface area contributed by atoms with Gasteiger partial charge in [0.25, 0.3) is 0 Å². The molecule has 1 rings (SSSR count). The third-order valence-corrected chi connectivity index (χ3v) is 2.61. The van der Waals surface area contributed by atoms with Crippen LogP contribution in [0.25, 0.3) is 0 Å². The summed E-state index contributed by atoms with van der Waals surface area (Å²) in [6, 6.07) is 0.588.